The Hall–Kier alpha value is -0.730. The molecule has 0 bridgehead atoms. The van der Waals surface area contributed by atoms with Gasteiger partial charge in [0, 0.05) is 7.11 Å². The number of ether oxygens (including phenoxy) is 4. The number of aliphatic hydroxyl groups excluding tert-OH is 1. The van der Waals surface area contributed by atoms with Crippen LogP contribution in [0, 0.1) is 0 Å². The largest absolute Gasteiger partial charge is 0.461 e. The average Bonchev–Trinajstić information content (AvgIpc) is 2.36. The number of carbonyl (C=O) groups is 1. The van der Waals surface area contributed by atoms with Crippen LogP contribution in [-0.4, -0.2) is 70.5 Å². The van der Waals surface area contributed by atoms with Gasteiger partial charge in [0.1, 0.15) is 6.61 Å². The summed E-state index contributed by atoms with van der Waals surface area (Å²) in [6.07, 6.45) is -0.945. The van der Waals surface area contributed by atoms with Crippen LogP contribution in [0.3, 0.4) is 0 Å². The molecule has 0 aromatic rings. The van der Waals surface area contributed by atoms with Crippen molar-refractivity contribution < 1.29 is 28.8 Å². The van der Waals surface area contributed by atoms with Crippen LogP contribution in [-0.2, 0) is 23.7 Å². The Morgan fingerprint density at radius 2 is 1.67 bits per heavy atom. The quantitative estimate of drug-likeness (QED) is 0.342. The molecular weight excluding hydrogens is 242 g/mol. The maximum Gasteiger partial charge on any atom is 0.335 e. The van der Waals surface area contributed by atoms with Crippen molar-refractivity contribution in [3.63, 3.8) is 0 Å². The maximum atomic E-state index is 11.1. The van der Waals surface area contributed by atoms with Gasteiger partial charge in [-0.1, -0.05) is 0 Å². The third-order valence-electron chi connectivity index (χ3n) is 1.99. The second kappa shape index (κ2) is 12.7. The Morgan fingerprint density at radius 1 is 1.11 bits per heavy atom. The summed E-state index contributed by atoms with van der Waals surface area (Å²) >= 11 is 0. The predicted octanol–water partition coefficient (Wildman–Crippen LogP) is -1.08. The first-order valence-corrected chi connectivity index (χ1v) is 5.91. The SMILES string of the molecule is COCCOCCOCCOC(=O)[C@@H](O)CCN. The zero-order valence-electron chi connectivity index (χ0n) is 10.8. The van der Waals surface area contributed by atoms with Gasteiger partial charge in [0.05, 0.1) is 33.0 Å². The van der Waals surface area contributed by atoms with Crippen molar-refractivity contribution in [3.8, 4) is 0 Å². The molecule has 0 amide bonds. The van der Waals surface area contributed by atoms with Crippen LogP contribution in [0.25, 0.3) is 0 Å². The lowest BCUT2D eigenvalue weighted by Crippen LogP contribution is -2.27. The summed E-state index contributed by atoms with van der Waals surface area (Å²) in [5, 5.41) is 9.21. The van der Waals surface area contributed by atoms with Crippen LogP contribution in [0.2, 0.25) is 0 Å². The molecule has 0 aromatic carbocycles. The standard InChI is InChI=1S/C11H23NO6/c1-15-4-5-16-6-7-17-8-9-18-11(14)10(13)2-3-12/h10,13H,2-9,12H2,1H3/t10-/m0/s1. The fourth-order valence-corrected chi connectivity index (χ4v) is 1.04. The van der Waals surface area contributed by atoms with Crippen LogP contribution in [0.5, 0.6) is 0 Å². The molecule has 7 nitrogen and oxygen atoms in total. The Labute approximate surface area is 107 Å². The highest BCUT2D eigenvalue weighted by molar-refractivity contribution is 5.74. The number of hydrogen-bond donors (Lipinski definition) is 2. The number of aliphatic hydroxyl groups is 1. The van der Waals surface area contributed by atoms with Crippen molar-refractivity contribution in [1.82, 2.24) is 0 Å². The minimum atomic E-state index is -1.15. The molecule has 7 heteroatoms. The topological polar surface area (TPSA) is 100 Å². The van der Waals surface area contributed by atoms with Crippen molar-refractivity contribution >= 4 is 5.97 Å². The first-order valence-electron chi connectivity index (χ1n) is 5.91. The second-order valence-corrected chi connectivity index (χ2v) is 3.48. The highest BCUT2D eigenvalue weighted by atomic mass is 16.6. The number of rotatable bonds is 12. The molecule has 0 radical (unpaired) electrons. The van der Waals surface area contributed by atoms with E-state index in [0.29, 0.717) is 26.4 Å². The average molecular weight is 265 g/mol. The normalized spacial score (nSPS) is 12.4. The van der Waals surface area contributed by atoms with E-state index in [1.807, 2.05) is 0 Å². The summed E-state index contributed by atoms with van der Waals surface area (Å²) in [6.45, 7) is 2.59. The zero-order chi connectivity index (χ0) is 13.6. The molecule has 0 heterocycles. The molecule has 0 saturated carbocycles. The summed E-state index contributed by atoms with van der Waals surface area (Å²) < 4.78 is 19.9. The van der Waals surface area contributed by atoms with E-state index in [-0.39, 0.29) is 26.2 Å². The van der Waals surface area contributed by atoms with Crippen molar-refractivity contribution in [3.05, 3.63) is 0 Å². The lowest BCUT2D eigenvalue weighted by molar-refractivity contribution is -0.155. The minimum Gasteiger partial charge on any atom is -0.461 e. The smallest absolute Gasteiger partial charge is 0.335 e. The summed E-state index contributed by atoms with van der Waals surface area (Å²) in [4.78, 5) is 11.1. The van der Waals surface area contributed by atoms with E-state index in [2.05, 4.69) is 0 Å². The van der Waals surface area contributed by atoms with Crippen LogP contribution in [0.15, 0.2) is 0 Å². The monoisotopic (exact) mass is 265 g/mol. The number of esters is 1. The first kappa shape index (κ1) is 17.3. The molecular formula is C11H23NO6. The van der Waals surface area contributed by atoms with Gasteiger partial charge in [-0.15, -0.1) is 0 Å². The fourth-order valence-electron chi connectivity index (χ4n) is 1.04. The Kier molecular flexibility index (Phi) is 12.2. The van der Waals surface area contributed by atoms with E-state index in [4.69, 9.17) is 24.7 Å². The molecule has 108 valence electrons. The van der Waals surface area contributed by atoms with Gasteiger partial charge < -0.3 is 29.8 Å². The molecule has 0 aromatic heterocycles. The van der Waals surface area contributed by atoms with Gasteiger partial charge in [-0.05, 0) is 13.0 Å². The molecule has 0 spiro atoms. The third kappa shape index (κ3) is 10.4. The predicted molar refractivity (Wildman–Crippen MR) is 64.2 cm³/mol. The Balaban J connectivity index is 3.22. The molecule has 1 atom stereocenters. The van der Waals surface area contributed by atoms with Gasteiger partial charge >= 0.3 is 5.97 Å². The molecule has 0 fully saturated rings. The van der Waals surface area contributed by atoms with E-state index < -0.39 is 12.1 Å². The van der Waals surface area contributed by atoms with Gasteiger partial charge in [0.15, 0.2) is 6.10 Å². The Morgan fingerprint density at radius 3 is 2.22 bits per heavy atom. The van der Waals surface area contributed by atoms with Crippen LogP contribution in [0.4, 0.5) is 0 Å². The zero-order valence-corrected chi connectivity index (χ0v) is 10.8. The molecule has 3 N–H and O–H groups in total. The fraction of sp³-hybridized carbons (Fsp3) is 0.909. The van der Waals surface area contributed by atoms with Crippen molar-refractivity contribution in [1.29, 1.82) is 0 Å². The summed E-state index contributed by atoms with van der Waals surface area (Å²) in [5.74, 6) is -0.666. The minimum absolute atomic E-state index is 0.110. The first-order chi connectivity index (χ1) is 8.72. The molecule has 18 heavy (non-hydrogen) atoms. The summed E-state index contributed by atoms with van der Waals surface area (Å²) in [6, 6.07) is 0. The highest BCUT2D eigenvalue weighted by Gasteiger charge is 2.14. The van der Waals surface area contributed by atoms with E-state index in [0.717, 1.165) is 0 Å². The summed E-state index contributed by atoms with van der Waals surface area (Å²) in [5.41, 5.74) is 5.20. The Bertz CT molecular complexity index is 202. The molecule has 0 aliphatic heterocycles. The van der Waals surface area contributed by atoms with Gasteiger partial charge in [-0.2, -0.15) is 0 Å². The van der Waals surface area contributed by atoms with E-state index in [1.165, 1.54) is 0 Å². The molecule has 0 aliphatic rings. The lowest BCUT2D eigenvalue weighted by atomic mass is 10.2. The highest BCUT2D eigenvalue weighted by Crippen LogP contribution is 1.93. The van der Waals surface area contributed by atoms with Crippen LogP contribution in [0.1, 0.15) is 6.42 Å². The van der Waals surface area contributed by atoms with Crippen molar-refractivity contribution in [2.75, 3.05) is 53.3 Å². The van der Waals surface area contributed by atoms with Gasteiger partial charge in [-0.25, -0.2) is 4.79 Å². The lowest BCUT2D eigenvalue weighted by Gasteiger charge is -2.10. The number of carbonyl (C=O) groups excluding carboxylic acids is 1. The van der Waals surface area contributed by atoms with Crippen LogP contribution < -0.4 is 5.73 Å². The van der Waals surface area contributed by atoms with Crippen molar-refractivity contribution in [2.45, 2.75) is 12.5 Å². The third-order valence-corrected chi connectivity index (χ3v) is 1.99. The molecule has 0 rings (SSSR count). The van der Waals surface area contributed by atoms with Gasteiger partial charge in [0.2, 0.25) is 0 Å². The number of methoxy groups -OCH3 is 1. The molecule has 0 saturated heterocycles. The van der Waals surface area contributed by atoms with Gasteiger partial charge in [-0.3, -0.25) is 0 Å². The number of nitrogens with two attached hydrogens (primary N) is 1. The van der Waals surface area contributed by atoms with Crippen molar-refractivity contribution in [2.24, 2.45) is 5.73 Å². The number of hydrogen-bond acceptors (Lipinski definition) is 7. The maximum absolute atomic E-state index is 11.1. The second-order valence-electron chi connectivity index (χ2n) is 3.48. The van der Waals surface area contributed by atoms with E-state index in [1.54, 1.807) is 7.11 Å². The molecule has 0 aliphatic carbocycles. The van der Waals surface area contributed by atoms with E-state index in [9.17, 15) is 9.90 Å². The molecule has 0 unspecified atom stereocenters. The van der Waals surface area contributed by atoms with E-state index >= 15 is 0 Å². The van der Waals surface area contributed by atoms with Crippen LogP contribution >= 0.6 is 0 Å². The summed E-state index contributed by atoms with van der Waals surface area (Å²) in [7, 11) is 1.60. The van der Waals surface area contributed by atoms with Gasteiger partial charge in [0.25, 0.3) is 0 Å².